The third-order valence-corrected chi connectivity index (χ3v) is 0.756. The fourth-order valence-electron chi connectivity index (χ4n) is 0.151. The molecule has 0 aliphatic heterocycles. The van der Waals surface area contributed by atoms with Crippen LogP contribution >= 0.6 is 11.5 Å². The molecular formula is C2HNO2S. The first kappa shape index (κ1) is 3.55. The van der Waals surface area contributed by atoms with Crippen LogP contribution in [0.3, 0.4) is 0 Å². The van der Waals surface area contributed by atoms with Crippen molar-refractivity contribution >= 4 is 11.5 Å². The van der Waals surface area contributed by atoms with Gasteiger partial charge in [0.15, 0.2) is 6.39 Å². The number of hydrogen-bond donors (Lipinski definition) is 0. The fraction of sp³-hybridized carbons (Fsp3) is 0. The van der Waals surface area contributed by atoms with Crippen molar-refractivity contribution in [3.63, 3.8) is 0 Å². The van der Waals surface area contributed by atoms with E-state index in [1.165, 1.54) is 0 Å². The molecule has 0 saturated heterocycles. The second kappa shape index (κ2) is 1.22. The second-order valence-corrected chi connectivity index (χ2v) is 1.40. The van der Waals surface area contributed by atoms with Gasteiger partial charge >= 0.3 is 4.94 Å². The van der Waals surface area contributed by atoms with Crippen molar-refractivity contribution in [3.05, 3.63) is 16.1 Å². The van der Waals surface area contributed by atoms with Crippen molar-refractivity contribution in [1.82, 2.24) is 4.37 Å². The monoisotopic (exact) mass is 103 g/mol. The summed E-state index contributed by atoms with van der Waals surface area (Å²) in [5.74, 6) is 0. The lowest BCUT2D eigenvalue weighted by Gasteiger charge is -1.46. The molecule has 0 aromatic carbocycles. The molecule has 0 fully saturated rings. The van der Waals surface area contributed by atoms with E-state index in [-0.39, 0.29) is 4.94 Å². The van der Waals surface area contributed by atoms with Gasteiger partial charge in [-0.25, -0.2) is 4.79 Å². The maximum atomic E-state index is 9.86. The van der Waals surface area contributed by atoms with Crippen LogP contribution in [-0.4, -0.2) is 4.37 Å². The quantitative estimate of drug-likeness (QED) is 0.467. The van der Waals surface area contributed by atoms with E-state index < -0.39 is 0 Å². The number of nitrogens with zero attached hydrogens (tertiary/aromatic N) is 1. The normalized spacial score (nSPS) is 8.67. The summed E-state index contributed by atoms with van der Waals surface area (Å²) in [5, 5.41) is 0. The molecule has 1 rings (SSSR count). The summed E-state index contributed by atoms with van der Waals surface area (Å²) in [6.45, 7) is 0. The summed E-state index contributed by atoms with van der Waals surface area (Å²) >= 11 is 0.806. The highest BCUT2D eigenvalue weighted by atomic mass is 32.1. The molecule has 1 aromatic rings. The molecule has 3 nitrogen and oxygen atoms in total. The molecule has 0 bridgehead atoms. The van der Waals surface area contributed by atoms with E-state index in [9.17, 15) is 4.79 Å². The van der Waals surface area contributed by atoms with Crippen LogP contribution in [0, 0.1) is 0 Å². The van der Waals surface area contributed by atoms with Crippen molar-refractivity contribution in [3.8, 4) is 0 Å². The maximum absolute atomic E-state index is 9.86. The van der Waals surface area contributed by atoms with Gasteiger partial charge in [0, 0.05) is 11.5 Å². The summed E-state index contributed by atoms with van der Waals surface area (Å²) in [6.07, 6.45) is 1.12. The largest absolute Gasteiger partial charge is 0.414 e. The summed E-state index contributed by atoms with van der Waals surface area (Å²) in [4.78, 5) is 9.51. The van der Waals surface area contributed by atoms with E-state index in [0.717, 1.165) is 17.9 Å². The first-order chi connectivity index (χ1) is 2.89. The summed E-state index contributed by atoms with van der Waals surface area (Å²) in [6, 6.07) is 0. The average molecular weight is 103 g/mol. The average Bonchev–Trinajstić information content (AvgIpc) is 1.86. The lowest BCUT2D eigenvalue weighted by molar-refractivity contribution is 0.526. The van der Waals surface area contributed by atoms with E-state index in [1.807, 2.05) is 0 Å². The van der Waals surface area contributed by atoms with Gasteiger partial charge in [-0.2, -0.15) is 4.37 Å². The van der Waals surface area contributed by atoms with Crippen LogP contribution in [0.5, 0.6) is 0 Å². The lowest BCUT2D eigenvalue weighted by atomic mass is 11.5. The van der Waals surface area contributed by atoms with Gasteiger partial charge in [0.05, 0.1) is 0 Å². The van der Waals surface area contributed by atoms with Gasteiger partial charge in [-0.15, -0.1) is 0 Å². The van der Waals surface area contributed by atoms with Gasteiger partial charge < -0.3 is 4.42 Å². The molecule has 4 heteroatoms. The van der Waals surface area contributed by atoms with Crippen molar-refractivity contribution < 1.29 is 4.42 Å². The first-order valence-electron chi connectivity index (χ1n) is 1.29. The van der Waals surface area contributed by atoms with E-state index in [0.29, 0.717) is 0 Å². The van der Waals surface area contributed by atoms with Crippen LogP contribution in [0.25, 0.3) is 0 Å². The summed E-state index contributed by atoms with van der Waals surface area (Å²) < 4.78 is 7.57. The highest BCUT2D eigenvalue weighted by Gasteiger charge is 1.77. The number of aromatic nitrogens is 1. The predicted molar refractivity (Wildman–Crippen MR) is 20.6 cm³/mol. The first-order valence-corrected chi connectivity index (χ1v) is 2.06. The lowest BCUT2D eigenvalue weighted by Crippen LogP contribution is -1.78. The Morgan fingerprint density at radius 1 is 2.00 bits per heavy atom. The maximum Gasteiger partial charge on any atom is 0.414 e. The Kier molecular flexibility index (Phi) is 0.719. The number of rotatable bonds is 0. The molecule has 0 spiro atoms. The second-order valence-electron chi connectivity index (χ2n) is 0.670. The third-order valence-electron chi connectivity index (χ3n) is 0.319. The SMILES string of the molecule is O=c1ocns1. The van der Waals surface area contributed by atoms with Crippen LogP contribution in [0.15, 0.2) is 15.6 Å². The minimum Gasteiger partial charge on any atom is -0.401 e. The predicted octanol–water partition coefficient (Wildman–Crippen LogP) is 0.0963. The molecule has 0 atom stereocenters. The standard InChI is InChI=1S/C2HNO2S/c4-2-5-1-3-6-2/h1H. The van der Waals surface area contributed by atoms with E-state index in [4.69, 9.17) is 0 Å². The van der Waals surface area contributed by atoms with Crippen molar-refractivity contribution in [2.24, 2.45) is 0 Å². The molecule has 1 heterocycles. The Morgan fingerprint density at radius 2 is 2.83 bits per heavy atom. The Bertz CT molecular complexity index is 149. The van der Waals surface area contributed by atoms with Gasteiger partial charge in [-0.3, -0.25) is 0 Å². The van der Waals surface area contributed by atoms with E-state index >= 15 is 0 Å². The van der Waals surface area contributed by atoms with Gasteiger partial charge in [-0.1, -0.05) is 0 Å². The molecule has 1 aromatic heterocycles. The smallest absolute Gasteiger partial charge is 0.401 e. The Hall–Kier alpha value is -0.640. The van der Waals surface area contributed by atoms with Crippen LogP contribution < -0.4 is 4.94 Å². The van der Waals surface area contributed by atoms with Crippen molar-refractivity contribution in [2.75, 3.05) is 0 Å². The van der Waals surface area contributed by atoms with Crippen molar-refractivity contribution in [2.45, 2.75) is 0 Å². The van der Waals surface area contributed by atoms with Crippen molar-refractivity contribution in [1.29, 1.82) is 0 Å². The van der Waals surface area contributed by atoms with Gasteiger partial charge in [0.1, 0.15) is 0 Å². The Morgan fingerprint density at radius 3 is 3.00 bits per heavy atom. The van der Waals surface area contributed by atoms with E-state index in [1.54, 1.807) is 0 Å². The van der Waals surface area contributed by atoms with Gasteiger partial charge in [-0.05, 0) is 0 Å². The van der Waals surface area contributed by atoms with E-state index in [2.05, 4.69) is 8.79 Å². The highest BCUT2D eigenvalue weighted by molar-refractivity contribution is 7.02. The van der Waals surface area contributed by atoms with Crippen LogP contribution in [0.4, 0.5) is 0 Å². The molecular weight excluding hydrogens is 102 g/mol. The third kappa shape index (κ3) is 0.463. The molecule has 0 saturated carbocycles. The minimum atomic E-state index is -0.352. The number of hydrogen-bond acceptors (Lipinski definition) is 4. The minimum absolute atomic E-state index is 0.352. The zero-order chi connectivity index (χ0) is 4.41. The molecule has 0 N–H and O–H groups in total. The molecule has 0 unspecified atom stereocenters. The van der Waals surface area contributed by atoms with Gasteiger partial charge in [0.25, 0.3) is 0 Å². The van der Waals surface area contributed by atoms with Crippen LogP contribution in [0.1, 0.15) is 0 Å². The highest BCUT2D eigenvalue weighted by Crippen LogP contribution is 1.72. The molecule has 0 aliphatic rings. The molecule has 0 aliphatic carbocycles. The Balaban J connectivity index is 3.41. The Labute approximate surface area is 37.4 Å². The zero-order valence-electron chi connectivity index (χ0n) is 2.75. The molecule has 0 radical (unpaired) electrons. The summed E-state index contributed by atoms with van der Waals surface area (Å²) in [5.41, 5.74) is 0. The molecule has 32 valence electrons. The zero-order valence-corrected chi connectivity index (χ0v) is 3.57. The fourth-order valence-corrected chi connectivity index (χ4v) is 0.409. The van der Waals surface area contributed by atoms with Crippen LogP contribution in [-0.2, 0) is 0 Å². The molecule has 6 heavy (non-hydrogen) atoms. The summed E-state index contributed by atoms with van der Waals surface area (Å²) in [7, 11) is 0. The van der Waals surface area contributed by atoms with Gasteiger partial charge in [0.2, 0.25) is 0 Å². The van der Waals surface area contributed by atoms with Crippen LogP contribution in [0.2, 0.25) is 0 Å². The topological polar surface area (TPSA) is 43.1 Å². The molecule has 0 amide bonds.